The minimum absolute atomic E-state index is 0.0623. The average molecular weight is 387 g/mol. The molecule has 0 N–H and O–H groups in total. The monoisotopic (exact) mass is 386 g/mol. The Labute approximate surface area is 170 Å². The van der Waals surface area contributed by atoms with Crippen molar-refractivity contribution in [1.82, 2.24) is 0 Å². The summed E-state index contributed by atoms with van der Waals surface area (Å²) in [4.78, 5) is 25.1. The quantitative estimate of drug-likeness (QED) is 0.450. The Hall–Kier alpha value is -1.12. The minimum Gasteiger partial charge on any atom is -0.462 e. The van der Waals surface area contributed by atoms with Crippen LogP contribution in [-0.4, -0.2) is 17.9 Å². The normalized spacial score (nSPS) is 45.6. The maximum atomic E-state index is 12.7. The highest BCUT2D eigenvalue weighted by Gasteiger charge is 2.61. The van der Waals surface area contributed by atoms with Gasteiger partial charge in [-0.2, -0.15) is 0 Å². The van der Waals surface area contributed by atoms with Crippen LogP contribution in [0.4, 0.5) is 0 Å². The fourth-order valence-corrected chi connectivity index (χ4v) is 7.53. The fraction of sp³-hybridized carbons (Fsp3) is 0.840. The van der Waals surface area contributed by atoms with Gasteiger partial charge in [-0.25, -0.2) is 0 Å². The van der Waals surface area contributed by atoms with Crippen molar-refractivity contribution in [1.29, 1.82) is 0 Å². The van der Waals surface area contributed by atoms with Gasteiger partial charge in [-0.1, -0.05) is 13.0 Å². The molecule has 0 aromatic rings. The van der Waals surface area contributed by atoms with E-state index in [9.17, 15) is 9.59 Å². The van der Waals surface area contributed by atoms with Crippen molar-refractivity contribution in [3.05, 3.63) is 12.7 Å². The molecule has 0 aromatic carbocycles. The number of allylic oxidation sites excluding steroid dienone is 1. The Morgan fingerprint density at radius 2 is 1.86 bits per heavy atom. The Balaban J connectivity index is 1.50. The van der Waals surface area contributed by atoms with Gasteiger partial charge < -0.3 is 4.74 Å². The first-order chi connectivity index (χ1) is 13.1. The second-order valence-electron chi connectivity index (χ2n) is 11.5. The lowest BCUT2D eigenvalue weighted by Crippen LogP contribution is -2.54. The van der Waals surface area contributed by atoms with Crippen molar-refractivity contribution in [2.45, 2.75) is 91.6 Å². The Bertz CT molecular complexity index is 674. The van der Waals surface area contributed by atoms with Gasteiger partial charge in [0.2, 0.25) is 0 Å². The van der Waals surface area contributed by atoms with Gasteiger partial charge in [0.15, 0.2) is 0 Å². The molecule has 0 spiro atoms. The lowest BCUT2D eigenvalue weighted by atomic mass is 9.45. The van der Waals surface area contributed by atoms with E-state index in [4.69, 9.17) is 4.74 Å². The second-order valence-corrected chi connectivity index (χ2v) is 11.5. The molecule has 3 nitrogen and oxygen atoms in total. The van der Waals surface area contributed by atoms with E-state index in [1.807, 2.05) is 26.8 Å². The van der Waals surface area contributed by atoms with Crippen molar-refractivity contribution < 1.29 is 14.3 Å². The molecule has 0 saturated heterocycles. The number of hydrogen-bond acceptors (Lipinski definition) is 3. The maximum Gasteiger partial charge on any atom is 0.311 e. The third-order valence-corrected chi connectivity index (χ3v) is 9.20. The predicted octanol–water partition coefficient (Wildman–Crippen LogP) is 5.72. The zero-order valence-corrected chi connectivity index (χ0v) is 18.3. The van der Waals surface area contributed by atoms with Gasteiger partial charge in [-0.15, -0.1) is 6.58 Å². The fourth-order valence-electron chi connectivity index (χ4n) is 7.53. The van der Waals surface area contributed by atoms with Gasteiger partial charge in [0.25, 0.3) is 0 Å². The first kappa shape index (κ1) is 20.2. The lowest BCUT2D eigenvalue weighted by Gasteiger charge is -2.60. The topological polar surface area (TPSA) is 43.4 Å². The van der Waals surface area contributed by atoms with E-state index < -0.39 is 5.41 Å². The molecule has 4 saturated carbocycles. The van der Waals surface area contributed by atoms with Gasteiger partial charge in [0.1, 0.15) is 11.9 Å². The molecule has 0 heterocycles. The summed E-state index contributed by atoms with van der Waals surface area (Å²) in [5.74, 6) is 2.95. The molecule has 28 heavy (non-hydrogen) atoms. The van der Waals surface area contributed by atoms with Crippen molar-refractivity contribution in [2.24, 2.45) is 39.9 Å². The number of Topliss-reactive ketones (excluding diaryl/α,β-unsaturated/α-hetero) is 1. The zero-order chi connectivity index (χ0) is 20.3. The molecular formula is C25H38O3. The third kappa shape index (κ3) is 2.91. The first-order valence-electron chi connectivity index (χ1n) is 11.5. The van der Waals surface area contributed by atoms with Gasteiger partial charge in [-0.3, -0.25) is 9.59 Å². The van der Waals surface area contributed by atoms with Crippen LogP contribution in [0.2, 0.25) is 0 Å². The Morgan fingerprint density at radius 1 is 1.11 bits per heavy atom. The van der Waals surface area contributed by atoms with Crippen LogP contribution < -0.4 is 0 Å². The van der Waals surface area contributed by atoms with E-state index in [1.165, 1.54) is 19.3 Å². The maximum absolute atomic E-state index is 12.7. The molecule has 0 aliphatic heterocycles. The van der Waals surface area contributed by atoms with Crippen LogP contribution in [0.3, 0.4) is 0 Å². The number of rotatable bonds is 2. The average Bonchev–Trinajstić information content (AvgIpc) is 2.98. The van der Waals surface area contributed by atoms with Gasteiger partial charge in [0, 0.05) is 11.8 Å². The largest absolute Gasteiger partial charge is 0.462 e. The molecule has 0 radical (unpaired) electrons. The molecule has 4 fully saturated rings. The van der Waals surface area contributed by atoms with Crippen LogP contribution in [0.25, 0.3) is 0 Å². The molecule has 4 aliphatic carbocycles. The molecule has 7 atom stereocenters. The highest BCUT2D eigenvalue weighted by atomic mass is 16.5. The number of fused-ring (bicyclic) bond motifs is 5. The summed E-state index contributed by atoms with van der Waals surface area (Å²) in [6, 6.07) is 0. The van der Waals surface area contributed by atoms with Crippen molar-refractivity contribution in [3.8, 4) is 0 Å². The van der Waals surface area contributed by atoms with Crippen LogP contribution in [0.5, 0.6) is 0 Å². The minimum atomic E-state index is -0.426. The molecule has 0 unspecified atom stereocenters. The zero-order valence-electron chi connectivity index (χ0n) is 18.3. The van der Waals surface area contributed by atoms with Crippen molar-refractivity contribution in [3.63, 3.8) is 0 Å². The van der Waals surface area contributed by atoms with Gasteiger partial charge in [0.05, 0.1) is 5.41 Å². The highest BCUT2D eigenvalue weighted by Crippen LogP contribution is 2.65. The van der Waals surface area contributed by atoms with E-state index in [1.54, 1.807) is 0 Å². The smallest absolute Gasteiger partial charge is 0.311 e. The van der Waals surface area contributed by atoms with E-state index in [2.05, 4.69) is 13.5 Å². The van der Waals surface area contributed by atoms with Crippen molar-refractivity contribution in [2.75, 3.05) is 0 Å². The van der Waals surface area contributed by atoms with E-state index >= 15 is 0 Å². The lowest BCUT2D eigenvalue weighted by molar-refractivity contribution is -0.169. The first-order valence-corrected chi connectivity index (χ1v) is 11.5. The van der Waals surface area contributed by atoms with Crippen LogP contribution in [0.15, 0.2) is 12.7 Å². The van der Waals surface area contributed by atoms with E-state index in [0.717, 1.165) is 44.4 Å². The second kappa shape index (κ2) is 6.71. The Morgan fingerprint density at radius 3 is 2.54 bits per heavy atom. The predicted molar refractivity (Wildman–Crippen MR) is 111 cm³/mol. The third-order valence-electron chi connectivity index (χ3n) is 9.20. The molecule has 4 rings (SSSR count). The standard InChI is InChI=1S/C25H38O3/c1-6-25-14-12-19-18(20(25)9-10-21(25)26)8-7-16-15-17(11-13-24(16,19)5)28-22(27)23(2,3)4/h6,16-20H,1,7-15H2,2-5H3/t16-,17+,18-,19+,20+,24+,25+/m1/s1. The molecule has 4 aliphatic rings. The summed E-state index contributed by atoms with van der Waals surface area (Å²) in [7, 11) is 0. The van der Waals surface area contributed by atoms with E-state index in [-0.39, 0.29) is 17.5 Å². The van der Waals surface area contributed by atoms with Crippen LogP contribution >= 0.6 is 0 Å². The van der Waals surface area contributed by atoms with Gasteiger partial charge in [-0.05, 0) is 101 Å². The Kier molecular flexibility index (Phi) is 4.83. The SMILES string of the molecule is C=C[C@]12CC[C@H]3[C@@H](CC[C@@H]4C[C@@H](OC(=O)C(C)(C)C)CC[C@@]43C)[C@@H]1CCC2=O. The summed E-state index contributed by atoms with van der Waals surface area (Å²) >= 11 is 0. The van der Waals surface area contributed by atoms with Crippen LogP contribution in [0.1, 0.15) is 85.5 Å². The summed E-state index contributed by atoms with van der Waals surface area (Å²) in [6.07, 6.45) is 11.7. The highest BCUT2D eigenvalue weighted by molar-refractivity contribution is 5.89. The van der Waals surface area contributed by atoms with Crippen molar-refractivity contribution >= 4 is 11.8 Å². The summed E-state index contributed by atoms with van der Waals surface area (Å²) < 4.78 is 5.91. The number of esters is 1. The summed E-state index contributed by atoms with van der Waals surface area (Å²) in [5, 5.41) is 0. The number of ether oxygens (including phenoxy) is 1. The molecule has 0 aromatic heterocycles. The molecular weight excluding hydrogens is 348 g/mol. The number of ketones is 1. The number of carbonyl (C=O) groups is 2. The number of hydrogen-bond donors (Lipinski definition) is 0. The van der Waals surface area contributed by atoms with Crippen LogP contribution in [-0.2, 0) is 14.3 Å². The molecule has 0 bridgehead atoms. The molecule has 0 amide bonds. The summed E-state index contributed by atoms with van der Waals surface area (Å²) in [6.45, 7) is 12.4. The number of carbonyl (C=O) groups excluding carboxylic acids is 2. The van der Waals surface area contributed by atoms with E-state index in [0.29, 0.717) is 29.0 Å². The van der Waals surface area contributed by atoms with Gasteiger partial charge >= 0.3 is 5.97 Å². The summed E-state index contributed by atoms with van der Waals surface area (Å²) in [5.41, 5.74) is -0.304. The molecule has 156 valence electrons. The molecule has 3 heteroatoms. The van der Waals surface area contributed by atoms with Crippen LogP contribution in [0, 0.1) is 39.9 Å².